The number of nitrogens with zero attached hydrogens (tertiary/aromatic N) is 2. The normalized spacial score (nSPS) is 13.5. The highest BCUT2D eigenvalue weighted by atomic mass is 16.5. The van der Waals surface area contributed by atoms with Crippen LogP contribution in [0.2, 0.25) is 0 Å². The number of esters is 1. The van der Waals surface area contributed by atoms with Gasteiger partial charge < -0.3 is 20.1 Å². The quantitative estimate of drug-likeness (QED) is 0.0471. The van der Waals surface area contributed by atoms with Crippen molar-refractivity contribution in [2.75, 3.05) is 52.5 Å². The summed E-state index contributed by atoms with van der Waals surface area (Å²) in [5.41, 5.74) is 0. The highest BCUT2D eigenvalue weighted by Gasteiger charge is 2.22. The maximum Gasteiger partial charge on any atom is 0.305 e. The second kappa shape index (κ2) is 41.5. The highest BCUT2D eigenvalue weighted by molar-refractivity contribution is 5.75. The van der Waals surface area contributed by atoms with E-state index in [1.807, 2.05) is 0 Å². The van der Waals surface area contributed by atoms with Crippen molar-refractivity contribution >= 4 is 11.9 Å². The van der Waals surface area contributed by atoms with Gasteiger partial charge in [0.1, 0.15) is 0 Å². The van der Waals surface area contributed by atoms with Gasteiger partial charge in [-0.25, -0.2) is 0 Å². The molecular formula is C50H99N3O4. The molecule has 1 amide bonds. The molecule has 0 aliphatic heterocycles. The fraction of sp³-hybridized carbons (Fsp3) is 0.960. The molecule has 1 aliphatic carbocycles. The number of hydrogen-bond donors (Lipinski definition) is 2. The van der Waals surface area contributed by atoms with Gasteiger partial charge in [-0.05, 0) is 76.8 Å². The molecule has 1 rings (SSSR count). The van der Waals surface area contributed by atoms with Gasteiger partial charge in [-0.2, -0.15) is 0 Å². The molecule has 1 saturated carbocycles. The van der Waals surface area contributed by atoms with Crippen LogP contribution in [0.25, 0.3) is 0 Å². The number of amides is 1. The van der Waals surface area contributed by atoms with E-state index in [4.69, 9.17) is 4.74 Å². The molecule has 0 saturated heterocycles. The second-order valence-electron chi connectivity index (χ2n) is 18.0. The van der Waals surface area contributed by atoms with E-state index in [9.17, 15) is 14.7 Å². The molecule has 1 fully saturated rings. The Hall–Kier alpha value is -1.18. The van der Waals surface area contributed by atoms with Crippen molar-refractivity contribution in [2.24, 2.45) is 5.92 Å². The Morgan fingerprint density at radius 1 is 0.561 bits per heavy atom. The van der Waals surface area contributed by atoms with E-state index >= 15 is 0 Å². The van der Waals surface area contributed by atoms with E-state index in [1.54, 1.807) is 0 Å². The minimum absolute atomic E-state index is 0.0298. The average molecular weight is 806 g/mol. The summed E-state index contributed by atoms with van der Waals surface area (Å²) in [5, 5.41) is 13.1. The van der Waals surface area contributed by atoms with Gasteiger partial charge in [0, 0.05) is 45.1 Å². The van der Waals surface area contributed by atoms with E-state index < -0.39 is 0 Å². The second-order valence-corrected chi connectivity index (χ2v) is 18.0. The van der Waals surface area contributed by atoms with E-state index in [0.29, 0.717) is 31.4 Å². The van der Waals surface area contributed by atoms with Gasteiger partial charge in [0.25, 0.3) is 0 Å². The molecule has 0 unspecified atom stereocenters. The number of carbonyl (C=O) groups excluding carboxylic acids is 2. The molecule has 0 heterocycles. The number of unbranched alkanes of at least 4 members (excludes halogenated alkanes) is 22. The lowest BCUT2D eigenvalue weighted by Gasteiger charge is -2.31. The van der Waals surface area contributed by atoms with Crippen LogP contribution in [0.4, 0.5) is 0 Å². The summed E-state index contributed by atoms with van der Waals surface area (Å²) >= 11 is 0. The summed E-state index contributed by atoms with van der Waals surface area (Å²) < 4.78 is 5.54. The summed E-state index contributed by atoms with van der Waals surface area (Å²) in [6.45, 7) is 13.4. The first-order chi connectivity index (χ1) is 28.0. The third-order valence-corrected chi connectivity index (χ3v) is 12.7. The van der Waals surface area contributed by atoms with Crippen LogP contribution in [0.3, 0.4) is 0 Å². The summed E-state index contributed by atoms with van der Waals surface area (Å²) in [6.07, 6.45) is 42.6. The fourth-order valence-corrected chi connectivity index (χ4v) is 8.85. The lowest BCUT2D eigenvalue weighted by Crippen LogP contribution is -2.42. The molecule has 0 atom stereocenters. The van der Waals surface area contributed by atoms with Crippen molar-refractivity contribution in [3.8, 4) is 0 Å². The molecule has 1 aliphatic rings. The zero-order valence-electron chi connectivity index (χ0n) is 38.6. The SMILES string of the molecule is CCCCCCCCCCCOC(=O)CCCCCN(CCCCCC(=O)NCC(CCCCCCCC)CCCCCCCC)CCN(CCO)C1CCCC1. The minimum atomic E-state index is -0.0298. The molecule has 0 aromatic rings. The molecule has 0 spiro atoms. The number of nitrogens with one attached hydrogen (secondary N) is 1. The predicted molar refractivity (Wildman–Crippen MR) is 245 cm³/mol. The molecule has 0 radical (unpaired) electrons. The zero-order chi connectivity index (χ0) is 41.3. The number of ether oxygens (including phenoxy) is 1. The topological polar surface area (TPSA) is 82.1 Å². The van der Waals surface area contributed by atoms with E-state index in [0.717, 1.165) is 84.2 Å². The Morgan fingerprint density at radius 2 is 1.04 bits per heavy atom. The molecule has 2 N–H and O–H groups in total. The van der Waals surface area contributed by atoms with Crippen molar-refractivity contribution in [1.82, 2.24) is 15.1 Å². The Bertz CT molecular complexity index is 851. The van der Waals surface area contributed by atoms with E-state index in [2.05, 4.69) is 35.9 Å². The van der Waals surface area contributed by atoms with E-state index in [1.165, 1.54) is 167 Å². The van der Waals surface area contributed by atoms with Crippen LogP contribution < -0.4 is 5.32 Å². The van der Waals surface area contributed by atoms with Crippen LogP contribution in [-0.2, 0) is 14.3 Å². The first kappa shape index (κ1) is 53.8. The highest BCUT2D eigenvalue weighted by Crippen LogP contribution is 2.23. The Morgan fingerprint density at radius 3 is 1.56 bits per heavy atom. The van der Waals surface area contributed by atoms with Gasteiger partial charge in [0.2, 0.25) is 5.91 Å². The third-order valence-electron chi connectivity index (χ3n) is 12.7. The van der Waals surface area contributed by atoms with Crippen molar-refractivity contribution in [3.05, 3.63) is 0 Å². The van der Waals surface area contributed by atoms with Crippen LogP contribution in [0.1, 0.15) is 245 Å². The maximum atomic E-state index is 12.9. The summed E-state index contributed by atoms with van der Waals surface area (Å²) in [4.78, 5) is 30.4. The Kier molecular flexibility index (Phi) is 39.2. The number of hydrogen-bond acceptors (Lipinski definition) is 6. The van der Waals surface area contributed by atoms with Gasteiger partial charge in [-0.1, -0.05) is 175 Å². The average Bonchev–Trinajstić information content (AvgIpc) is 3.76. The number of carbonyl (C=O) groups is 2. The molecule has 0 aromatic carbocycles. The van der Waals surface area contributed by atoms with Gasteiger partial charge in [-0.3, -0.25) is 14.5 Å². The lowest BCUT2D eigenvalue weighted by atomic mass is 9.94. The fourth-order valence-electron chi connectivity index (χ4n) is 8.85. The number of aliphatic hydroxyl groups is 1. The van der Waals surface area contributed by atoms with E-state index in [-0.39, 0.29) is 18.5 Å². The molecule has 7 heteroatoms. The summed E-state index contributed by atoms with van der Waals surface area (Å²) in [5.74, 6) is 0.841. The number of rotatable bonds is 44. The smallest absolute Gasteiger partial charge is 0.305 e. The molecular weight excluding hydrogens is 707 g/mol. The van der Waals surface area contributed by atoms with Crippen molar-refractivity contribution in [1.29, 1.82) is 0 Å². The van der Waals surface area contributed by atoms with Crippen molar-refractivity contribution in [2.45, 2.75) is 252 Å². The first-order valence-electron chi connectivity index (χ1n) is 25.5. The predicted octanol–water partition coefficient (Wildman–Crippen LogP) is 13.0. The Labute approximate surface area is 355 Å². The molecule has 338 valence electrons. The zero-order valence-corrected chi connectivity index (χ0v) is 38.6. The van der Waals surface area contributed by atoms with Crippen LogP contribution in [0.15, 0.2) is 0 Å². The van der Waals surface area contributed by atoms with Crippen LogP contribution in [-0.4, -0.2) is 85.3 Å². The lowest BCUT2D eigenvalue weighted by molar-refractivity contribution is -0.143. The maximum absolute atomic E-state index is 12.9. The van der Waals surface area contributed by atoms with Crippen molar-refractivity contribution in [3.63, 3.8) is 0 Å². The van der Waals surface area contributed by atoms with Crippen LogP contribution in [0.5, 0.6) is 0 Å². The largest absolute Gasteiger partial charge is 0.466 e. The monoisotopic (exact) mass is 806 g/mol. The van der Waals surface area contributed by atoms with Gasteiger partial charge in [-0.15, -0.1) is 0 Å². The Balaban J connectivity index is 2.40. The van der Waals surface area contributed by atoms with Crippen LogP contribution >= 0.6 is 0 Å². The summed E-state index contributed by atoms with van der Waals surface area (Å²) in [7, 11) is 0. The third kappa shape index (κ3) is 34.3. The molecule has 57 heavy (non-hydrogen) atoms. The van der Waals surface area contributed by atoms with Gasteiger partial charge in [0.05, 0.1) is 13.2 Å². The van der Waals surface area contributed by atoms with Crippen molar-refractivity contribution < 1.29 is 19.4 Å². The van der Waals surface area contributed by atoms with Gasteiger partial charge >= 0.3 is 5.97 Å². The first-order valence-corrected chi connectivity index (χ1v) is 25.5. The molecule has 0 bridgehead atoms. The molecule has 0 aromatic heterocycles. The van der Waals surface area contributed by atoms with Gasteiger partial charge in [0.15, 0.2) is 0 Å². The number of aliphatic hydroxyl groups excluding tert-OH is 1. The minimum Gasteiger partial charge on any atom is -0.466 e. The summed E-state index contributed by atoms with van der Waals surface area (Å²) in [6, 6.07) is 0.621. The van der Waals surface area contributed by atoms with Crippen LogP contribution in [0, 0.1) is 5.92 Å². The molecule has 7 nitrogen and oxygen atoms in total. The standard InChI is InChI=1S/C50H99N3O4/c1-4-7-10-13-16-17-18-21-32-45-57-50(56)38-27-23-31-40-52(41-42-53(43-44-54)48-35-28-29-36-48)39-30-22-26-37-49(55)51-46-47(33-24-19-14-11-8-5-2)34-25-20-15-12-9-6-3/h47-48,54H,4-46H2,1-3H3,(H,51,55).